The van der Waals surface area contributed by atoms with Crippen LogP contribution in [0.3, 0.4) is 0 Å². The number of esters is 1. The number of aryl methyl sites for hydroxylation is 1. The molecule has 0 unspecified atom stereocenters. The van der Waals surface area contributed by atoms with Crippen molar-refractivity contribution in [2.75, 3.05) is 11.9 Å². The minimum atomic E-state index is -0.996. The lowest BCUT2D eigenvalue weighted by Gasteiger charge is -2.15. The first-order valence-electron chi connectivity index (χ1n) is 8.78. The SMILES string of the molecule is Cc1ccc2c(Cl)cc(Cl)c(OCC(=O)O[C@H](C)C(=O)Nc3ccccc3)c2n1. The van der Waals surface area contributed by atoms with E-state index < -0.39 is 24.6 Å². The van der Waals surface area contributed by atoms with Crippen LogP contribution < -0.4 is 10.1 Å². The molecule has 0 saturated carbocycles. The zero-order chi connectivity index (χ0) is 21.0. The number of fused-ring (bicyclic) bond motifs is 1. The van der Waals surface area contributed by atoms with E-state index in [1.807, 2.05) is 19.1 Å². The van der Waals surface area contributed by atoms with E-state index in [-0.39, 0.29) is 10.8 Å². The number of nitrogens with one attached hydrogen (secondary N) is 1. The van der Waals surface area contributed by atoms with E-state index in [0.717, 1.165) is 5.69 Å². The van der Waals surface area contributed by atoms with Crippen molar-refractivity contribution >= 4 is 51.7 Å². The van der Waals surface area contributed by atoms with Crippen LogP contribution in [0, 0.1) is 6.92 Å². The van der Waals surface area contributed by atoms with E-state index >= 15 is 0 Å². The third-order valence-corrected chi connectivity index (χ3v) is 4.62. The molecule has 0 aliphatic rings. The van der Waals surface area contributed by atoms with Crippen LogP contribution in [0.1, 0.15) is 12.6 Å². The smallest absolute Gasteiger partial charge is 0.344 e. The molecule has 1 heterocycles. The number of hydrogen-bond acceptors (Lipinski definition) is 5. The molecule has 3 aromatic rings. The van der Waals surface area contributed by atoms with Crippen molar-refractivity contribution in [2.24, 2.45) is 0 Å². The predicted octanol–water partition coefficient (Wildman–Crippen LogP) is 4.80. The molecule has 0 spiro atoms. The first-order valence-corrected chi connectivity index (χ1v) is 9.54. The molecule has 1 N–H and O–H groups in total. The molecule has 0 bridgehead atoms. The molecule has 1 amide bonds. The van der Waals surface area contributed by atoms with E-state index in [0.29, 0.717) is 21.6 Å². The lowest BCUT2D eigenvalue weighted by atomic mass is 10.2. The Hall–Kier alpha value is -2.83. The largest absolute Gasteiger partial charge is 0.478 e. The normalized spacial score (nSPS) is 11.7. The second-order valence-corrected chi connectivity index (χ2v) is 7.11. The molecule has 150 valence electrons. The Labute approximate surface area is 177 Å². The number of carbonyl (C=O) groups excluding carboxylic acids is 2. The quantitative estimate of drug-likeness (QED) is 0.566. The number of hydrogen-bond donors (Lipinski definition) is 1. The van der Waals surface area contributed by atoms with Gasteiger partial charge in [0.15, 0.2) is 18.5 Å². The maximum atomic E-state index is 12.2. The highest BCUT2D eigenvalue weighted by molar-refractivity contribution is 6.39. The van der Waals surface area contributed by atoms with Crippen LogP contribution in [0.2, 0.25) is 10.0 Å². The first kappa shape index (κ1) is 20.9. The van der Waals surface area contributed by atoms with Crippen molar-refractivity contribution in [1.29, 1.82) is 0 Å². The van der Waals surface area contributed by atoms with Crippen molar-refractivity contribution in [3.8, 4) is 5.75 Å². The number of rotatable bonds is 6. The summed E-state index contributed by atoms with van der Waals surface area (Å²) in [5, 5.41) is 3.97. The van der Waals surface area contributed by atoms with Crippen LogP contribution in [0.15, 0.2) is 48.5 Å². The highest BCUT2D eigenvalue weighted by atomic mass is 35.5. The molecular weight excluding hydrogens is 415 g/mol. The summed E-state index contributed by atoms with van der Waals surface area (Å²) in [6, 6.07) is 14.0. The summed E-state index contributed by atoms with van der Waals surface area (Å²) < 4.78 is 10.7. The number of carbonyl (C=O) groups is 2. The minimum Gasteiger partial charge on any atom is -0.478 e. The van der Waals surface area contributed by atoms with Crippen molar-refractivity contribution in [3.05, 3.63) is 64.3 Å². The summed E-state index contributed by atoms with van der Waals surface area (Å²) in [7, 11) is 0. The van der Waals surface area contributed by atoms with Crippen LogP contribution in [-0.2, 0) is 14.3 Å². The molecule has 0 saturated heterocycles. The van der Waals surface area contributed by atoms with E-state index in [2.05, 4.69) is 10.3 Å². The van der Waals surface area contributed by atoms with Crippen molar-refractivity contribution < 1.29 is 19.1 Å². The topological polar surface area (TPSA) is 77.5 Å². The van der Waals surface area contributed by atoms with Gasteiger partial charge in [-0.25, -0.2) is 9.78 Å². The molecule has 0 fully saturated rings. The lowest BCUT2D eigenvalue weighted by molar-refractivity contribution is -0.155. The fourth-order valence-electron chi connectivity index (χ4n) is 2.61. The van der Waals surface area contributed by atoms with Gasteiger partial charge >= 0.3 is 5.97 Å². The summed E-state index contributed by atoms with van der Waals surface area (Å²) in [6.07, 6.45) is -0.996. The molecular formula is C21H18Cl2N2O4. The third-order valence-electron chi connectivity index (χ3n) is 4.03. The van der Waals surface area contributed by atoms with Crippen LogP contribution in [0.5, 0.6) is 5.75 Å². The Balaban J connectivity index is 1.65. The van der Waals surface area contributed by atoms with Gasteiger partial charge in [-0.05, 0) is 44.2 Å². The zero-order valence-corrected chi connectivity index (χ0v) is 17.3. The minimum absolute atomic E-state index is 0.225. The van der Waals surface area contributed by atoms with Gasteiger partial charge in [-0.3, -0.25) is 4.79 Å². The molecule has 3 rings (SSSR count). The molecule has 0 aliphatic heterocycles. The van der Waals surface area contributed by atoms with Gasteiger partial charge < -0.3 is 14.8 Å². The number of anilines is 1. The van der Waals surface area contributed by atoms with Crippen molar-refractivity contribution in [3.63, 3.8) is 0 Å². The van der Waals surface area contributed by atoms with Gasteiger partial charge in [0.2, 0.25) is 0 Å². The van der Waals surface area contributed by atoms with Gasteiger partial charge in [0.05, 0.1) is 10.0 Å². The van der Waals surface area contributed by atoms with Gasteiger partial charge in [0.1, 0.15) is 5.52 Å². The molecule has 8 heteroatoms. The molecule has 1 atom stereocenters. The maximum Gasteiger partial charge on any atom is 0.344 e. The second kappa shape index (κ2) is 9.11. The van der Waals surface area contributed by atoms with E-state index in [1.165, 1.54) is 13.0 Å². The highest BCUT2D eigenvalue weighted by Gasteiger charge is 2.20. The summed E-state index contributed by atoms with van der Waals surface area (Å²) in [5.41, 5.74) is 1.80. The number of halogens is 2. The van der Waals surface area contributed by atoms with Crippen LogP contribution in [0.25, 0.3) is 10.9 Å². The predicted molar refractivity (Wildman–Crippen MR) is 113 cm³/mol. The number of para-hydroxylation sites is 1. The molecule has 2 aromatic carbocycles. The van der Waals surface area contributed by atoms with Gasteiger partial charge in [-0.2, -0.15) is 0 Å². The third kappa shape index (κ3) is 5.16. The van der Waals surface area contributed by atoms with Crippen LogP contribution in [-0.4, -0.2) is 29.6 Å². The molecule has 29 heavy (non-hydrogen) atoms. The standard InChI is InChI=1S/C21H18Cl2N2O4/c1-12-8-9-15-16(22)10-17(23)20(19(15)24-12)28-11-18(26)29-13(2)21(27)25-14-6-4-3-5-7-14/h3-10,13H,11H2,1-2H3,(H,25,27)/t13-/m1/s1. The average Bonchev–Trinajstić information content (AvgIpc) is 2.68. The Bertz CT molecular complexity index is 1060. The summed E-state index contributed by atoms with van der Waals surface area (Å²) >= 11 is 12.4. The fourth-order valence-corrected chi connectivity index (χ4v) is 3.18. The summed E-state index contributed by atoms with van der Waals surface area (Å²) in [5.74, 6) is -0.933. The fraction of sp³-hybridized carbons (Fsp3) is 0.190. The Kier molecular flexibility index (Phi) is 6.56. The molecule has 1 aromatic heterocycles. The number of aromatic nitrogens is 1. The molecule has 0 radical (unpaired) electrons. The Morgan fingerprint density at radius 1 is 1.10 bits per heavy atom. The Morgan fingerprint density at radius 3 is 2.55 bits per heavy atom. The average molecular weight is 433 g/mol. The van der Waals surface area contributed by atoms with Gasteiger partial charge in [-0.1, -0.05) is 41.4 Å². The van der Waals surface area contributed by atoms with Gasteiger partial charge in [0, 0.05) is 16.8 Å². The van der Waals surface area contributed by atoms with E-state index in [4.69, 9.17) is 32.7 Å². The highest BCUT2D eigenvalue weighted by Crippen LogP contribution is 2.37. The maximum absolute atomic E-state index is 12.2. The lowest BCUT2D eigenvalue weighted by Crippen LogP contribution is -2.31. The first-order chi connectivity index (χ1) is 13.8. The summed E-state index contributed by atoms with van der Waals surface area (Å²) in [4.78, 5) is 28.7. The molecule has 6 nitrogen and oxygen atoms in total. The zero-order valence-electron chi connectivity index (χ0n) is 15.7. The van der Waals surface area contributed by atoms with Crippen LogP contribution >= 0.6 is 23.2 Å². The number of nitrogens with zero attached hydrogens (tertiary/aromatic N) is 1. The van der Waals surface area contributed by atoms with Gasteiger partial charge in [0.25, 0.3) is 5.91 Å². The van der Waals surface area contributed by atoms with Crippen molar-refractivity contribution in [1.82, 2.24) is 4.98 Å². The number of ether oxygens (including phenoxy) is 2. The molecule has 0 aliphatic carbocycles. The second-order valence-electron chi connectivity index (χ2n) is 6.29. The van der Waals surface area contributed by atoms with Gasteiger partial charge in [-0.15, -0.1) is 0 Å². The monoisotopic (exact) mass is 432 g/mol. The number of pyridine rings is 1. The van der Waals surface area contributed by atoms with Crippen molar-refractivity contribution in [2.45, 2.75) is 20.0 Å². The number of amides is 1. The van der Waals surface area contributed by atoms with E-state index in [9.17, 15) is 9.59 Å². The van der Waals surface area contributed by atoms with Crippen LogP contribution in [0.4, 0.5) is 5.69 Å². The number of benzene rings is 2. The van der Waals surface area contributed by atoms with E-state index in [1.54, 1.807) is 30.3 Å². The summed E-state index contributed by atoms with van der Waals surface area (Å²) in [6.45, 7) is 2.86. The Morgan fingerprint density at radius 2 is 1.83 bits per heavy atom.